The molecule has 0 aliphatic carbocycles. The molecule has 1 amide bonds. The number of benzene rings is 2. The van der Waals surface area contributed by atoms with Crippen LogP contribution >= 0.6 is 0 Å². The summed E-state index contributed by atoms with van der Waals surface area (Å²) in [6.45, 7) is 10.4. The average molecular weight is 428 g/mol. The largest absolute Gasteiger partial charge is 0.456 e. The van der Waals surface area contributed by atoms with Gasteiger partial charge in [-0.15, -0.1) is 0 Å². The van der Waals surface area contributed by atoms with Crippen molar-refractivity contribution in [2.24, 2.45) is 0 Å². The smallest absolute Gasteiger partial charge is 0.414 e. The number of rotatable bonds is 4. The third-order valence-corrected chi connectivity index (χ3v) is 4.05. The summed E-state index contributed by atoms with van der Waals surface area (Å²) in [7, 11) is 1.58. The molecule has 0 spiro atoms. The van der Waals surface area contributed by atoms with Crippen LogP contribution in [0.3, 0.4) is 0 Å². The molecule has 8 nitrogen and oxygen atoms in total. The number of carbonyl (C=O) groups excluding carboxylic acids is 2. The van der Waals surface area contributed by atoms with Gasteiger partial charge in [-0.1, -0.05) is 18.2 Å². The van der Waals surface area contributed by atoms with E-state index in [0.29, 0.717) is 16.8 Å². The lowest BCUT2D eigenvalue weighted by Gasteiger charge is -2.25. The van der Waals surface area contributed by atoms with E-state index < -0.39 is 28.2 Å². The molecule has 0 aliphatic heterocycles. The lowest BCUT2D eigenvalue weighted by atomic mass is 10.0. The van der Waals surface area contributed by atoms with Gasteiger partial charge in [0, 0.05) is 18.8 Å². The van der Waals surface area contributed by atoms with E-state index in [1.54, 1.807) is 78.9 Å². The van der Waals surface area contributed by atoms with Gasteiger partial charge in [0.25, 0.3) is 5.69 Å². The quantitative estimate of drug-likeness (QED) is 0.358. The predicted molar refractivity (Wildman–Crippen MR) is 118 cm³/mol. The van der Waals surface area contributed by atoms with E-state index in [1.165, 1.54) is 17.0 Å². The summed E-state index contributed by atoms with van der Waals surface area (Å²) >= 11 is 0. The summed E-state index contributed by atoms with van der Waals surface area (Å²) in [6, 6.07) is 11.3. The summed E-state index contributed by atoms with van der Waals surface area (Å²) in [5.74, 6) is -0.760. The fraction of sp³-hybridized carbons (Fsp3) is 0.391. The maximum Gasteiger partial charge on any atom is 0.414 e. The van der Waals surface area contributed by atoms with Crippen molar-refractivity contribution >= 4 is 23.4 Å². The van der Waals surface area contributed by atoms with Gasteiger partial charge in [0.15, 0.2) is 0 Å². The van der Waals surface area contributed by atoms with E-state index in [9.17, 15) is 19.7 Å². The highest BCUT2D eigenvalue weighted by Gasteiger charge is 2.26. The Morgan fingerprint density at radius 2 is 1.48 bits per heavy atom. The first-order chi connectivity index (χ1) is 14.2. The van der Waals surface area contributed by atoms with Crippen molar-refractivity contribution in [3.8, 4) is 11.1 Å². The Morgan fingerprint density at radius 3 is 2.03 bits per heavy atom. The molecule has 31 heavy (non-hydrogen) atoms. The third-order valence-electron chi connectivity index (χ3n) is 4.05. The first kappa shape index (κ1) is 23.9. The van der Waals surface area contributed by atoms with E-state index in [1.807, 2.05) is 0 Å². The highest BCUT2D eigenvalue weighted by Crippen LogP contribution is 2.31. The zero-order chi connectivity index (χ0) is 23.6. The van der Waals surface area contributed by atoms with Crippen molar-refractivity contribution in [3.05, 3.63) is 58.1 Å². The Morgan fingerprint density at radius 1 is 0.903 bits per heavy atom. The van der Waals surface area contributed by atoms with Crippen LogP contribution in [0.1, 0.15) is 51.9 Å². The standard InChI is InChI=1S/C23H28N2O6/c1-22(2,3)30-20(26)18-12-11-16(14-19(18)25(28)29)15-9-8-10-17(13-15)24(7)21(27)31-23(4,5)6/h8-14H,1-7H3. The second-order valence-electron chi connectivity index (χ2n) is 9.08. The van der Waals surface area contributed by atoms with Crippen molar-refractivity contribution in [2.75, 3.05) is 11.9 Å². The van der Waals surface area contributed by atoms with E-state index >= 15 is 0 Å². The second-order valence-corrected chi connectivity index (χ2v) is 9.08. The maximum atomic E-state index is 12.4. The molecule has 0 bridgehead atoms. The van der Waals surface area contributed by atoms with Gasteiger partial charge in [-0.05, 0) is 70.9 Å². The molecule has 0 unspecified atom stereocenters. The van der Waals surface area contributed by atoms with Gasteiger partial charge in [0.2, 0.25) is 0 Å². The van der Waals surface area contributed by atoms with Gasteiger partial charge in [0.1, 0.15) is 16.8 Å². The second kappa shape index (κ2) is 8.75. The molecule has 2 aromatic carbocycles. The Labute approximate surface area is 181 Å². The number of carbonyl (C=O) groups is 2. The lowest BCUT2D eigenvalue weighted by molar-refractivity contribution is -0.385. The fourth-order valence-electron chi connectivity index (χ4n) is 2.70. The van der Waals surface area contributed by atoms with Crippen LogP contribution in [0, 0.1) is 10.1 Å². The number of hydrogen-bond donors (Lipinski definition) is 0. The molecule has 0 atom stereocenters. The van der Waals surface area contributed by atoms with Crippen LogP contribution in [0.15, 0.2) is 42.5 Å². The molecular weight excluding hydrogens is 400 g/mol. The highest BCUT2D eigenvalue weighted by atomic mass is 16.6. The SMILES string of the molecule is CN(C(=O)OC(C)(C)C)c1cccc(-c2ccc(C(=O)OC(C)(C)C)c([N+](=O)[O-])c2)c1. The van der Waals surface area contributed by atoms with E-state index in [-0.39, 0.29) is 11.3 Å². The molecule has 0 N–H and O–H groups in total. The molecule has 0 saturated carbocycles. The monoisotopic (exact) mass is 428 g/mol. The Bertz CT molecular complexity index is 1000. The van der Waals surface area contributed by atoms with Crippen molar-refractivity contribution in [2.45, 2.75) is 52.7 Å². The summed E-state index contributed by atoms with van der Waals surface area (Å²) in [4.78, 5) is 37.1. The minimum absolute atomic E-state index is 0.120. The highest BCUT2D eigenvalue weighted by molar-refractivity contribution is 5.95. The van der Waals surface area contributed by atoms with E-state index in [4.69, 9.17) is 9.47 Å². The number of esters is 1. The third kappa shape index (κ3) is 6.53. The minimum Gasteiger partial charge on any atom is -0.456 e. The molecule has 2 rings (SSSR count). The number of nitro benzene ring substituents is 1. The predicted octanol–water partition coefficient (Wildman–Crippen LogP) is 5.59. The van der Waals surface area contributed by atoms with Crippen LogP contribution in [0.25, 0.3) is 11.1 Å². The number of nitro groups is 1. The first-order valence-electron chi connectivity index (χ1n) is 9.77. The summed E-state index contributed by atoms with van der Waals surface area (Å²) in [5, 5.41) is 11.6. The maximum absolute atomic E-state index is 12.4. The van der Waals surface area contributed by atoms with Crippen molar-refractivity contribution in [1.82, 2.24) is 0 Å². The number of amides is 1. The van der Waals surface area contributed by atoms with Gasteiger partial charge >= 0.3 is 12.1 Å². The fourth-order valence-corrected chi connectivity index (χ4v) is 2.70. The molecule has 0 fully saturated rings. The molecule has 8 heteroatoms. The summed E-state index contributed by atoms with van der Waals surface area (Å²) in [6.07, 6.45) is -0.518. The van der Waals surface area contributed by atoms with Gasteiger partial charge in [-0.2, -0.15) is 0 Å². The van der Waals surface area contributed by atoms with Crippen molar-refractivity contribution < 1.29 is 24.0 Å². The molecular formula is C23H28N2O6. The lowest BCUT2D eigenvalue weighted by Crippen LogP contribution is -2.34. The van der Waals surface area contributed by atoms with Crippen LogP contribution in [-0.2, 0) is 9.47 Å². The number of hydrogen-bond acceptors (Lipinski definition) is 6. The topological polar surface area (TPSA) is 99.0 Å². The molecule has 166 valence electrons. The Kier molecular flexibility index (Phi) is 6.73. The molecule has 0 saturated heterocycles. The van der Waals surface area contributed by atoms with E-state index in [0.717, 1.165) is 0 Å². The van der Waals surface area contributed by atoms with Crippen LogP contribution in [-0.4, -0.2) is 35.2 Å². The zero-order valence-electron chi connectivity index (χ0n) is 18.9. The normalized spacial score (nSPS) is 11.6. The van der Waals surface area contributed by atoms with Crippen molar-refractivity contribution in [3.63, 3.8) is 0 Å². The number of nitrogens with zero attached hydrogens (tertiary/aromatic N) is 2. The Balaban J connectivity index is 2.40. The number of anilines is 1. The molecule has 0 heterocycles. The Hall–Kier alpha value is -3.42. The van der Waals surface area contributed by atoms with E-state index in [2.05, 4.69) is 0 Å². The van der Waals surface area contributed by atoms with Crippen LogP contribution in [0.5, 0.6) is 0 Å². The number of ether oxygens (including phenoxy) is 2. The van der Waals surface area contributed by atoms with Gasteiger partial charge < -0.3 is 9.47 Å². The summed E-state index contributed by atoms with van der Waals surface area (Å²) < 4.78 is 10.7. The first-order valence-corrected chi connectivity index (χ1v) is 9.77. The molecule has 0 aromatic heterocycles. The average Bonchev–Trinajstić information content (AvgIpc) is 2.64. The van der Waals surface area contributed by atoms with Crippen molar-refractivity contribution in [1.29, 1.82) is 0 Å². The van der Waals surface area contributed by atoms with Crippen LogP contribution in [0.4, 0.5) is 16.2 Å². The summed E-state index contributed by atoms with van der Waals surface area (Å²) in [5.41, 5.74) is -0.148. The van der Waals surface area contributed by atoms with Crippen LogP contribution < -0.4 is 4.90 Å². The molecule has 2 aromatic rings. The van der Waals surface area contributed by atoms with Crippen LogP contribution in [0.2, 0.25) is 0 Å². The van der Waals surface area contributed by atoms with Gasteiger partial charge in [0.05, 0.1) is 4.92 Å². The zero-order valence-corrected chi connectivity index (χ0v) is 18.9. The van der Waals surface area contributed by atoms with Gasteiger partial charge in [-0.3, -0.25) is 15.0 Å². The molecule has 0 aliphatic rings. The van der Waals surface area contributed by atoms with Gasteiger partial charge in [-0.25, -0.2) is 9.59 Å². The minimum atomic E-state index is -0.774. The molecule has 0 radical (unpaired) electrons.